The van der Waals surface area contributed by atoms with Crippen molar-refractivity contribution in [2.45, 2.75) is 6.92 Å². The van der Waals surface area contributed by atoms with E-state index in [0.717, 1.165) is 33.2 Å². The van der Waals surface area contributed by atoms with E-state index in [4.69, 9.17) is 4.98 Å². The molecule has 0 aliphatic rings. The molecule has 6 rings (SSSR count). The van der Waals surface area contributed by atoms with Crippen LogP contribution in [0.3, 0.4) is 0 Å². The van der Waals surface area contributed by atoms with Crippen molar-refractivity contribution < 1.29 is 4.39 Å². The Morgan fingerprint density at radius 3 is 2.69 bits per heavy atom. The van der Waals surface area contributed by atoms with Crippen LogP contribution in [0, 0.1) is 12.7 Å². The molecule has 0 amide bonds. The van der Waals surface area contributed by atoms with Gasteiger partial charge in [-0.1, -0.05) is 12.1 Å². The summed E-state index contributed by atoms with van der Waals surface area (Å²) in [5, 5.41) is 8.25. The van der Waals surface area contributed by atoms with Crippen LogP contribution in [0.1, 0.15) is 5.56 Å². The van der Waals surface area contributed by atoms with Crippen LogP contribution in [0.2, 0.25) is 0 Å². The lowest BCUT2D eigenvalue weighted by Crippen LogP contribution is -1.87. The highest BCUT2D eigenvalue weighted by Gasteiger charge is 2.17. The first-order valence-corrected chi connectivity index (χ1v) is 10.0. The van der Waals surface area contributed by atoms with Crippen LogP contribution in [-0.2, 0) is 0 Å². The quantitative estimate of drug-likeness (QED) is 0.416. The van der Waals surface area contributed by atoms with E-state index >= 15 is 0 Å². The van der Waals surface area contributed by atoms with E-state index < -0.39 is 0 Å². The lowest BCUT2D eigenvalue weighted by atomic mass is 10.0. The molecule has 5 aromatic heterocycles. The van der Waals surface area contributed by atoms with Crippen molar-refractivity contribution >= 4 is 22.2 Å². The van der Waals surface area contributed by atoms with Crippen LogP contribution in [0.15, 0.2) is 67.3 Å². The van der Waals surface area contributed by atoms with Crippen LogP contribution < -0.4 is 0 Å². The van der Waals surface area contributed by atoms with Crippen LogP contribution in [0.25, 0.3) is 56.0 Å². The average Bonchev–Trinajstić information content (AvgIpc) is 3.42. The van der Waals surface area contributed by atoms with E-state index in [9.17, 15) is 4.39 Å². The summed E-state index contributed by atoms with van der Waals surface area (Å²) in [5.41, 5.74) is 7.14. The molecular formula is C24H16FN7. The molecule has 0 saturated carbocycles. The van der Waals surface area contributed by atoms with Gasteiger partial charge in [0, 0.05) is 41.5 Å². The summed E-state index contributed by atoms with van der Waals surface area (Å²) in [6.07, 6.45) is 7.08. The molecule has 0 unspecified atom stereocenters. The summed E-state index contributed by atoms with van der Waals surface area (Å²) in [5.74, 6) is 0.260. The summed E-state index contributed by atoms with van der Waals surface area (Å²) in [4.78, 5) is 21.2. The van der Waals surface area contributed by atoms with Gasteiger partial charge in [-0.3, -0.25) is 10.1 Å². The van der Waals surface area contributed by atoms with Crippen molar-refractivity contribution in [3.63, 3.8) is 0 Å². The maximum Gasteiger partial charge on any atom is 0.161 e. The molecule has 0 radical (unpaired) electrons. The molecule has 1 aromatic carbocycles. The van der Waals surface area contributed by atoms with Gasteiger partial charge in [0.15, 0.2) is 17.1 Å². The van der Waals surface area contributed by atoms with E-state index in [-0.39, 0.29) is 5.82 Å². The van der Waals surface area contributed by atoms with Crippen LogP contribution in [0.5, 0.6) is 0 Å². The van der Waals surface area contributed by atoms with E-state index in [1.165, 1.54) is 12.1 Å². The number of fused-ring (bicyclic) bond motifs is 2. The minimum absolute atomic E-state index is 0.300. The fraction of sp³-hybridized carbons (Fsp3) is 0.0417. The first kappa shape index (κ1) is 18.3. The van der Waals surface area contributed by atoms with Gasteiger partial charge in [-0.2, -0.15) is 5.10 Å². The predicted molar refractivity (Wildman–Crippen MR) is 120 cm³/mol. The minimum Gasteiger partial charge on any atom is -0.321 e. The van der Waals surface area contributed by atoms with Crippen molar-refractivity contribution in [2.24, 2.45) is 0 Å². The van der Waals surface area contributed by atoms with Crippen LogP contribution in [0.4, 0.5) is 4.39 Å². The average molecular weight is 421 g/mol. The van der Waals surface area contributed by atoms with E-state index in [1.54, 1.807) is 24.7 Å². The molecule has 0 saturated heterocycles. The third kappa shape index (κ3) is 2.92. The third-order valence-electron chi connectivity index (χ3n) is 5.51. The first-order valence-electron chi connectivity index (χ1n) is 10.0. The number of H-pyrrole nitrogens is 2. The van der Waals surface area contributed by atoms with E-state index in [1.807, 2.05) is 37.4 Å². The SMILES string of the molecule is Cc1ccncc1-c1cnc2[nH]nc(-c3nc4c(-c5cccc(F)c5)ccnc4[nH]3)c2c1. The number of halogens is 1. The number of hydrogen-bond acceptors (Lipinski definition) is 5. The first-order chi connectivity index (χ1) is 15.7. The molecular weight excluding hydrogens is 405 g/mol. The number of benzene rings is 1. The van der Waals surface area contributed by atoms with Gasteiger partial charge in [0.1, 0.15) is 17.0 Å². The highest BCUT2D eigenvalue weighted by molar-refractivity contribution is 5.96. The van der Waals surface area contributed by atoms with Gasteiger partial charge in [-0.15, -0.1) is 0 Å². The minimum atomic E-state index is -0.300. The molecule has 0 aliphatic carbocycles. The Morgan fingerprint density at radius 2 is 1.81 bits per heavy atom. The number of nitrogens with zero attached hydrogens (tertiary/aromatic N) is 5. The standard InChI is InChI=1S/C24H16FN7/c1-13-5-7-26-12-19(13)15-10-18-21(31-32-22(18)28-11-15)24-29-20-17(6-8-27-23(20)30-24)14-3-2-4-16(25)9-14/h2-12H,1H3,(H,27,29,30)(H,28,31,32). The fourth-order valence-electron chi connectivity index (χ4n) is 3.91. The fourth-order valence-corrected chi connectivity index (χ4v) is 3.91. The summed E-state index contributed by atoms with van der Waals surface area (Å²) in [7, 11) is 0. The van der Waals surface area contributed by atoms with Crippen LogP contribution in [-0.4, -0.2) is 35.1 Å². The zero-order chi connectivity index (χ0) is 21.7. The number of rotatable bonds is 3. The number of aryl methyl sites for hydroxylation is 1. The number of nitrogens with one attached hydrogen (secondary N) is 2. The van der Waals surface area contributed by atoms with Crippen molar-refractivity contribution in [3.05, 3.63) is 78.6 Å². The topological polar surface area (TPSA) is 96.0 Å². The monoisotopic (exact) mass is 421 g/mol. The highest BCUT2D eigenvalue weighted by Crippen LogP contribution is 2.32. The Morgan fingerprint density at radius 1 is 0.875 bits per heavy atom. The van der Waals surface area contributed by atoms with Gasteiger partial charge in [0.25, 0.3) is 0 Å². The third-order valence-corrected chi connectivity index (χ3v) is 5.51. The molecule has 32 heavy (non-hydrogen) atoms. The Bertz CT molecular complexity index is 1620. The maximum absolute atomic E-state index is 13.8. The van der Waals surface area contributed by atoms with Crippen molar-refractivity contribution in [1.82, 2.24) is 35.1 Å². The lowest BCUT2D eigenvalue weighted by molar-refractivity contribution is 0.628. The van der Waals surface area contributed by atoms with Crippen LogP contribution >= 0.6 is 0 Å². The molecule has 0 aliphatic heterocycles. The largest absolute Gasteiger partial charge is 0.321 e. The molecule has 7 nitrogen and oxygen atoms in total. The van der Waals surface area contributed by atoms with E-state index in [2.05, 4.69) is 30.1 Å². The molecule has 0 atom stereocenters. The number of pyridine rings is 3. The van der Waals surface area contributed by atoms with Crippen molar-refractivity contribution in [3.8, 4) is 33.8 Å². The normalized spacial score (nSPS) is 11.4. The summed E-state index contributed by atoms with van der Waals surface area (Å²) < 4.78 is 13.8. The van der Waals surface area contributed by atoms with E-state index in [0.29, 0.717) is 28.3 Å². The Hall–Kier alpha value is -4.46. The number of imidazole rings is 1. The maximum atomic E-state index is 13.8. The van der Waals surface area contributed by atoms with Crippen molar-refractivity contribution in [2.75, 3.05) is 0 Å². The molecule has 8 heteroatoms. The molecule has 5 heterocycles. The molecule has 6 aromatic rings. The second kappa shape index (κ2) is 7.05. The van der Waals surface area contributed by atoms with Gasteiger partial charge < -0.3 is 4.98 Å². The summed E-state index contributed by atoms with van der Waals surface area (Å²) in [6.45, 7) is 2.04. The van der Waals surface area contributed by atoms with Gasteiger partial charge in [0.2, 0.25) is 0 Å². The smallest absolute Gasteiger partial charge is 0.161 e. The second-order valence-electron chi connectivity index (χ2n) is 7.53. The van der Waals surface area contributed by atoms with Gasteiger partial charge in [-0.05, 0) is 48.4 Å². The van der Waals surface area contributed by atoms with Gasteiger partial charge in [0.05, 0.1) is 5.39 Å². The molecule has 0 spiro atoms. The number of aromatic amines is 2. The molecule has 154 valence electrons. The summed E-state index contributed by atoms with van der Waals surface area (Å²) in [6, 6.07) is 12.3. The Balaban J connectivity index is 1.52. The predicted octanol–water partition coefficient (Wildman–Crippen LogP) is 5.07. The Kier molecular flexibility index (Phi) is 4.04. The van der Waals surface area contributed by atoms with Gasteiger partial charge >= 0.3 is 0 Å². The number of aromatic nitrogens is 7. The molecule has 2 N–H and O–H groups in total. The lowest BCUT2D eigenvalue weighted by Gasteiger charge is -2.04. The van der Waals surface area contributed by atoms with Gasteiger partial charge in [-0.25, -0.2) is 19.3 Å². The summed E-state index contributed by atoms with van der Waals surface area (Å²) >= 11 is 0. The molecule has 0 bridgehead atoms. The highest BCUT2D eigenvalue weighted by atomic mass is 19.1. The second-order valence-corrected chi connectivity index (χ2v) is 7.53. The van der Waals surface area contributed by atoms with Crippen molar-refractivity contribution in [1.29, 1.82) is 0 Å². The zero-order valence-electron chi connectivity index (χ0n) is 17.0. The Labute approximate surface area is 181 Å². The zero-order valence-corrected chi connectivity index (χ0v) is 17.0. The molecule has 0 fully saturated rings. The number of hydrogen-bond donors (Lipinski definition) is 2.